The predicted molar refractivity (Wildman–Crippen MR) is 88.9 cm³/mol. The first-order chi connectivity index (χ1) is 10.9. The summed E-state index contributed by atoms with van der Waals surface area (Å²) in [6.45, 7) is 0. The van der Waals surface area contributed by atoms with Gasteiger partial charge in [-0.1, -0.05) is 47.3 Å². The van der Waals surface area contributed by atoms with Crippen LogP contribution in [0.2, 0.25) is 0 Å². The molecule has 22 heavy (non-hydrogen) atoms. The van der Waals surface area contributed by atoms with Gasteiger partial charge in [-0.05, 0) is 11.4 Å². The van der Waals surface area contributed by atoms with Gasteiger partial charge in [0.05, 0.1) is 5.75 Å². The molecule has 0 amide bonds. The smallest absolute Gasteiger partial charge is 0.147 e. The van der Waals surface area contributed by atoms with Gasteiger partial charge in [-0.3, -0.25) is 0 Å². The molecular weight excluding hydrogens is 314 g/mol. The molecule has 0 bridgehead atoms. The minimum atomic E-state index is 0.696. The third-order valence-electron chi connectivity index (χ3n) is 3.20. The average molecular weight is 325 g/mol. The summed E-state index contributed by atoms with van der Waals surface area (Å²) in [5, 5.41) is 8.24. The topological polar surface area (TPSA) is 51.8 Å². The van der Waals surface area contributed by atoms with Gasteiger partial charge in [0.1, 0.15) is 27.6 Å². The van der Waals surface area contributed by atoms with E-state index in [0.717, 1.165) is 32.3 Å². The van der Waals surface area contributed by atoms with Gasteiger partial charge in [-0.15, -0.1) is 11.3 Å². The Morgan fingerprint density at radius 1 is 1.09 bits per heavy atom. The van der Waals surface area contributed by atoms with E-state index in [0.29, 0.717) is 5.75 Å². The Bertz CT molecular complexity index is 902. The molecule has 0 N–H and O–H groups in total. The number of thiophene rings is 1. The van der Waals surface area contributed by atoms with Crippen molar-refractivity contribution < 1.29 is 4.52 Å². The molecule has 3 heterocycles. The lowest BCUT2D eigenvalue weighted by atomic mass is 10.1. The molecule has 0 radical (unpaired) electrons. The number of thioether (sulfide) groups is 1. The fraction of sp³-hybridized carbons (Fsp3) is 0.0625. The number of hydrogen-bond acceptors (Lipinski definition) is 6. The molecule has 0 aliphatic rings. The molecule has 3 aromatic heterocycles. The number of hydrogen-bond donors (Lipinski definition) is 0. The van der Waals surface area contributed by atoms with Crippen LogP contribution in [0, 0.1) is 0 Å². The highest BCUT2D eigenvalue weighted by molar-refractivity contribution is 7.98. The van der Waals surface area contributed by atoms with Gasteiger partial charge in [0.2, 0.25) is 0 Å². The van der Waals surface area contributed by atoms with Gasteiger partial charge in [0, 0.05) is 17.0 Å². The molecule has 6 heteroatoms. The summed E-state index contributed by atoms with van der Waals surface area (Å²) in [4.78, 5) is 9.63. The van der Waals surface area contributed by atoms with Crippen LogP contribution in [0.5, 0.6) is 0 Å². The van der Waals surface area contributed by atoms with Gasteiger partial charge in [-0.2, -0.15) is 0 Å². The van der Waals surface area contributed by atoms with Gasteiger partial charge < -0.3 is 4.52 Å². The maximum absolute atomic E-state index is 5.42. The molecule has 1 aromatic carbocycles. The fourth-order valence-corrected chi connectivity index (χ4v) is 3.80. The standard InChI is InChI=1S/C16H11N3OS2/c1-2-4-11(5-3-1)14-8-12(20-19-14)9-22-16-13-6-7-21-15(13)17-10-18-16/h1-8,10H,9H2. The number of fused-ring (bicyclic) bond motifs is 1. The van der Waals surface area contributed by atoms with E-state index in [1.54, 1.807) is 29.4 Å². The maximum Gasteiger partial charge on any atom is 0.147 e. The van der Waals surface area contributed by atoms with Gasteiger partial charge in [0.15, 0.2) is 0 Å². The molecule has 0 fully saturated rings. The zero-order chi connectivity index (χ0) is 14.8. The van der Waals surface area contributed by atoms with Crippen molar-refractivity contribution in [3.05, 3.63) is 59.9 Å². The van der Waals surface area contributed by atoms with Crippen molar-refractivity contribution in [2.75, 3.05) is 0 Å². The summed E-state index contributed by atoms with van der Waals surface area (Å²) in [6.07, 6.45) is 1.61. The Morgan fingerprint density at radius 3 is 2.91 bits per heavy atom. The van der Waals surface area contributed by atoms with E-state index < -0.39 is 0 Å². The maximum atomic E-state index is 5.42. The fourth-order valence-electron chi connectivity index (χ4n) is 2.15. The summed E-state index contributed by atoms with van der Waals surface area (Å²) < 4.78 is 5.42. The highest BCUT2D eigenvalue weighted by atomic mass is 32.2. The lowest BCUT2D eigenvalue weighted by Gasteiger charge is -1.98. The van der Waals surface area contributed by atoms with E-state index in [9.17, 15) is 0 Å². The first-order valence-corrected chi connectivity index (χ1v) is 8.59. The zero-order valence-electron chi connectivity index (χ0n) is 11.5. The average Bonchev–Trinajstić information content (AvgIpc) is 3.23. The van der Waals surface area contributed by atoms with Gasteiger partial charge in [0.25, 0.3) is 0 Å². The number of aromatic nitrogens is 3. The van der Waals surface area contributed by atoms with E-state index in [1.807, 2.05) is 41.8 Å². The van der Waals surface area contributed by atoms with Crippen molar-refractivity contribution in [2.45, 2.75) is 10.8 Å². The molecule has 0 aliphatic heterocycles. The van der Waals surface area contributed by atoms with Crippen LogP contribution in [0.15, 0.2) is 63.7 Å². The number of benzene rings is 1. The molecule has 0 atom stereocenters. The molecule has 0 saturated carbocycles. The van der Waals surface area contributed by atoms with Crippen molar-refractivity contribution in [1.82, 2.24) is 15.1 Å². The van der Waals surface area contributed by atoms with Crippen LogP contribution in [-0.2, 0) is 5.75 Å². The largest absolute Gasteiger partial charge is 0.360 e. The summed E-state index contributed by atoms with van der Waals surface area (Å²) in [5.41, 5.74) is 1.92. The molecule has 0 saturated heterocycles. The molecule has 108 valence electrons. The Kier molecular flexibility index (Phi) is 3.62. The summed E-state index contributed by atoms with van der Waals surface area (Å²) in [5.74, 6) is 1.53. The van der Waals surface area contributed by atoms with E-state index in [1.165, 1.54) is 0 Å². The van der Waals surface area contributed by atoms with E-state index in [4.69, 9.17) is 4.52 Å². The van der Waals surface area contributed by atoms with Crippen LogP contribution >= 0.6 is 23.1 Å². The Hall–Kier alpha value is -2.18. The predicted octanol–water partition coefficient (Wildman–Crippen LogP) is 4.64. The minimum Gasteiger partial charge on any atom is -0.360 e. The minimum absolute atomic E-state index is 0.696. The first-order valence-electron chi connectivity index (χ1n) is 6.72. The van der Waals surface area contributed by atoms with Crippen LogP contribution in [-0.4, -0.2) is 15.1 Å². The van der Waals surface area contributed by atoms with Crippen molar-refractivity contribution >= 4 is 33.3 Å². The SMILES string of the molecule is c1ccc(-c2cc(CSc3ncnc4sccc34)on2)cc1. The van der Waals surface area contributed by atoms with Crippen LogP contribution in [0.4, 0.5) is 0 Å². The monoisotopic (exact) mass is 325 g/mol. The molecular formula is C16H11N3OS2. The summed E-state index contributed by atoms with van der Waals surface area (Å²) >= 11 is 3.26. The second-order valence-electron chi connectivity index (χ2n) is 4.65. The Labute approximate surface area is 135 Å². The zero-order valence-corrected chi connectivity index (χ0v) is 13.1. The molecule has 0 unspecified atom stereocenters. The molecule has 4 nitrogen and oxygen atoms in total. The van der Waals surface area contributed by atoms with E-state index >= 15 is 0 Å². The highest BCUT2D eigenvalue weighted by Gasteiger charge is 2.09. The van der Waals surface area contributed by atoms with Crippen LogP contribution in [0.25, 0.3) is 21.5 Å². The van der Waals surface area contributed by atoms with Crippen molar-refractivity contribution in [2.24, 2.45) is 0 Å². The Balaban J connectivity index is 1.53. The number of rotatable bonds is 4. The molecule has 4 aromatic rings. The van der Waals surface area contributed by atoms with Crippen molar-refractivity contribution in [1.29, 1.82) is 0 Å². The third kappa shape index (κ3) is 2.63. The van der Waals surface area contributed by atoms with Crippen LogP contribution in [0.3, 0.4) is 0 Å². The van der Waals surface area contributed by atoms with Crippen molar-refractivity contribution in [3.8, 4) is 11.3 Å². The van der Waals surface area contributed by atoms with Crippen molar-refractivity contribution in [3.63, 3.8) is 0 Å². The van der Waals surface area contributed by atoms with E-state index in [2.05, 4.69) is 21.2 Å². The first kappa shape index (κ1) is 13.5. The van der Waals surface area contributed by atoms with Crippen LogP contribution in [0.1, 0.15) is 5.76 Å². The lowest BCUT2D eigenvalue weighted by molar-refractivity contribution is 0.397. The quantitative estimate of drug-likeness (QED) is 0.404. The molecule has 0 aliphatic carbocycles. The third-order valence-corrected chi connectivity index (χ3v) is 5.05. The second kappa shape index (κ2) is 5.90. The molecule has 4 rings (SSSR count). The second-order valence-corrected chi connectivity index (χ2v) is 6.51. The normalized spacial score (nSPS) is 11.1. The van der Waals surface area contributed by atoms with Crippen LogP contribution < -0.4 is 0 Å². The summed E-state index contributed by atoms with van der Waals surface area (Å²) in [6, 6.07) is 14.1. The highest BCUT2D eigenvalue weighted by Crippen LogP contribution is 2.30. The van der Waals surface area contributed by atoms with Gasteiger partial charge in [-0.25, -0.2) is 9.97 Å². The lowest BCUT2D eigenvalue weighted by Crippen LogP contribution is -1.84. The Morgan fingerprint density at radius 2 is 2.00 bits per heavy atom. The van der Waals surface area contributed by atoms with E-state index in [-0.39, 0.29) is 0 Å². The summed E-state index contributed by atoms with van der Waals surface area (Å²) in [7, 11) is 0. The van der Waals surface area contributed by atoms with Gasteiger partial charge >= 0.3 is 0 Å². The molecule has 0 spiro atoms. The number of nitrogens with zero attached hydrogens (tertiary/aromatic N) is 3.